The van der Waals surface area contributed by atoms with E-state index in [9.17, 15) is 4.79 Å². The molecule has 0 spiro atoms. The molecule has 5 heteroatoms. The summed E-state index contributed by atoms with van der Waals surface area (Å²) in [6, 6.07) is 8.81. The third-order valence-electron chi connectivity index (χ3n) is 2.95. The van der Waals surface area contributed by atoms with Crippen molar-refractivity contribution in [2.45, 2.75) is 6.29 Å². The molecule has 0 amide bonds. The van der Waals surface area contributed by atoms with E-state index < -0.39 is 6.29 Å². The Balaban J connectivity index is 2.53. The number of hydrogen-bond acceptors (Lipinski definition) is 5. The van der Waals surface area contributed by atoms with Crippen LogP contribution in [0, 0.1) is 0 Å². The van der Waals surface area contributed by atoms with Crippen LogP contribution < -0.4 is 4.74 Å². The van der Waals surface area contributed by atoms with Crippen LogP contribution in [0.4, 0.5) is 0 Å². The smallest absolute Gasteiger partial charge is 0.185 e. The molecule has 0 N–H and O–H groups in total. The Morgan fingerprint density at radius 3 is 2.40 bits per heavy atom. The minimum absolute atomic E-state index is 0.271. The van der Waals surface area contributed by atoms with Crippen LogP contribution in [-0.4, -0.2) is 27.6 Å². The van der Waals surface area contributed by atoms with Gasteiger partial charge in [0.2, 0.25) is 0 Å². The van der Waals surface area contributed by atoms with Crippen LogP contribution in [0.3, 0.4) is 0 Å². The number of benzene rings is 1. The number of carbonyl (C=O) groups is 1. The Labute approximate surface area is 117 Å². The van der Waals surface area contributed by atoms with Gasteiger partial charge in [-0.1, -0.05) is 0 Å². The lowest BCUT2D eigenvalue weighted by atomic mass is 10.0. The summed E-state index contributed by atoms with van der Waals surface area (Å²) < 4.78 is 21.2. The zero-order valence-electron chi connectivity index (χ0n) is 11.6. The summed E-state index contributed by atoms with van der Waals surface area (Å²) in [5.41, 5.74) is 1.55. The predicted octanol–water partition coefficient (Wildman–Crippen LogP) is 3.06. The van der Waals surface area contributed by atoms with Crippen molar-refractivity contribution in [3.05, 3.63) is 41.7 Å². The molecule has 2 aromatic rings. The van der Waals surface area contributed by atoms with Gasteiger partial charge in [0, 0.05) is 25.3 Å². The highest BCUT2D eigenvalue weighted by atomic mass is 16.7. The first kappa shape index (κ1) is 14.3. The summed E-state index contributed by atoms with van der Waals surface area (Å²) in [4.78, 5) is 10.7. The first-order valence-electron chi connectivity index (χ1n) is 6.02. The minimum Gasteiger partial charge on any atom is -0.497 e. The zero-order valence-corrected chi connectivity index (χ0v) is 11.6. The van der Waals surface area contributed by atoms with Crippen LogP contribution in [-0.2, 0) is 9.47 Å². The van der Waals surface area contributed by atoms with E-state index in [0.717, 1.165) is 11.1 Å². The Morgan fingerprint density at radius 1 is 1.10 bits per heavy atom. The molecule has 2 rings (SSSR count). The number of furan rings is 1. The fourth-order valence-electron chi connectivity index (χ4n) is 2.00. The summed E-state index contributed by atoms with van der Waals surface area (Å²) in [6.07, 6.45) is 0.112. The van der Waals surface area contributed by atoms with Crippen LogP contribution in [0.1, 0.15) is 22.4 Å². The lowest BCUT2D eigenvalue weighted by molar-refractivity contribution is -0.105. The van der Waals surface area contributed by atoms with E-state index in [0.29, 0.717) is 17.8 Å². The van der Waals surface area contributed by atoms with Crippen LogP contribution >= 0.6 is 0 Å². The van der Waals surface area contributed by atoms with Crippen molar-refractivity contribution in [1.29, 1.82) is 0 Å². The fraction of sp³-hybridized carbons (Fsp3) is 0.267. The third kappa shape index (κ3) is 2.74. The van der Waals surface area contributed by atoms with Gasteiger partial charge >= 0.3 is 0 Å². The highest BCUT2D eigenvalue weighted by molar-refractivity contribution is 5.73. The van der Waals surface area contributed by atoms with Gasteiger partial charge in [-0.3, -0.25) is 4.79 Å². The quantitative estimate of drug-likeness (QED) is 0.599. The van der Waals surface area contributed by atoms with E-state index in [1.165, 1.54) is 0 Å². The third-order valence-corrected chi connectivity index (χ3v) is 2.95. The number of hydrogen-bond donors (Lipinski definition) is 0. The molecule has 1 heterocycles. The average molecular weight is 276 g/mol. The summed E-state index contributed by atoms with van der Waals surface area (Å²) in [5, 5.41) is 0. The number of aldehydes is 1. The van der Waals surface area contributed by atoms with Crippen molar-refractivity contribution in [2.24, 2.45) is 0 Å². The highest BCUT2D eigenvalue weighted by Crippen LogP contribution is 2.34. The van der Waals surface area contributed by atoms with Gasteiger partial charge in [0.05, 0.1) is 7.11 Å². The monoisotopic (exact) mass is 276 g/mol. The van der Waals surface area contributed by atoms with Gasteiger partial charge in [-0.05, 0) is 30.3 Å². The highest BCUT2D eigenvalue weighted by Gasteiger charge is 2.18. The molecular weight excluding hydrogens is 260 g/mol. The van der Waals surface area contributed by atoms with Crippen molar-refractivity contribution >= 4 is 6.29 Å². The number of rotatable bonds is 6. The summed E-state index contributed by atoms with van der Waals surface area (Å²) >= 11 is 0. The summed E-state index contributed by atoms with van der Waals surface area (Å²) in [7, 11) is 4.69. The van der Waals surface area contributed by atoms with Gasteiger partial charge in [0.1, 0.15) is 11.5 Å². The van der Waals surface area contributed by atoms with Crippen molar-refractivity contribution in [3.8, 4) is 17.1 Å². The molecule has 5 nitrogen and oxygen atoms in total. The van der Waals surface area contributed by atoms with E-state index >= 15 is 0 Å². The normalized spacial score (nSPS) is 10.8. The molecule has 0 atom stereocenters. The summed E-state index contributed by atoms with van der Waals surface area (Å²) in [5.74, 6) is 1.53. The molecule has 0 unspecified atom stereocenters. The van der Waals surface area contributed by atoms with Crippen molar-refractivity contribution in [3.63, 3.8) is 0 Å². The Hall–Kier alpha value is -2.11. The van der Waals surface area contributed by atoms with Gasteiger partial charge in [0.25, 0.3) is 0 Å². The molecule has 0 fully saturated rings. The van der Waals surface area contributed by atoms with Gasteiger partial charge in [-0.25, -0.2) is 0 Å². The van der Waals surface area contributed by atoms with Crippen LogP contribution in [0.25, 0.3) is 11.3 Å². The Kier molecular flexibility index (Phi) is 4.55. The molecule has 1 aromatic carbocycles. The van der Waals surface area contributed by atoms with E-state index in [2.05, 4.69) is 0 Å². The van der Waals surface area contributed by atoms with Crippen molar-refractivity contribution in [2.75, 3.05) is 21.3 Å². The SMILES string of the molecule is COc1ccc(-c2ccc(C=O)o2)c(C(OC)OC)c1. The molecule has 0 bridgehead atoms. The second kappa shape index (κ2) is 6.36. The molecule has 0 aliphatic carbocycles. The van der Waals surface area contributed by atoms with Crippen molar-refractivity contribution < 1.29 is 23.4 Å². The Morgan fingerprint density at radius 2 is 1.85 bits per heavy atom. The topological polar surface area (TPSA) is 57.9 Å². The minimum atomic E-state index is -0.551. The number of methoxy groups -OCH3 is 3. The second-order valence-electron chi connectivity index (χ2n) is 4.08. The molecule has 0 saturated carbocycles. The van der Waals surface area contributed by atoms with Gasteiger partial charge < -0.3 is 18.6 Å². The van der Waals surface area contributed by atoms with Crippen LogP contribution in [0.5, 0.6) is 5.75 Å². The van der Waals surface area contributed by atoms with E-state index in [1.54, 1.807) is 33.5 Å². The maximum atomic E-state index is 10.7. The molecule has 106 valence electrons. The molecule has 1 aromatic heterocycles. The molecule has 0 aliphatic rings. The first-order chi connectivity index (χ1) is 9.73. The molecule has 0 saturated heterocycles. The summed E-state index contributed by atoms with van der Waals surface area (Å²) in [6.45, 7) is 0. The van der Waals surface area contributed by atoms with Gasteiger partial charge in [-0.2, -0.15) is 0 Å². The van der Waals surface area contributed by atoms with E-state index in [4.69, 9.17) is 18.6 Å². The lowest BCUT2D eigenvalue weighted by Gasteiger charge is -2.17. The molecule has 20 heavy (non-hydrogen) atoms. The van der Waals surface area contributed by atoms with Crippen LogP contribution in [0.2, 0.25) is 0 Å². The number of ether oxygens (including phenoxy) is 3. The fourth-order valence-corrected chi connectivity index (χ4v) is 2.00. The predicted molar refractivity (Wildman–Crippen MR) is 72.8 cm³/mol. The molecular formula is C15H16O5. The number of carbonyl (C=O) groups excluding carboxylic acids is 1. The van der Waals surface area contributed by atoms with Crippen molar-refractivity contribution in [1.82, 2.24) is 0 Å². The molecule has 0 radical (unpaired) electrons. The van der Waals surface area contributed by atoms with Crippen LogP contribution in [0.15, 0.2) is 34.7 Å². The van der Waals surface area contributed by atoms with Gasteiger partial charge in [0.15, 0.2) is 18.3 Å². The maximum Gasteiger partial charge on any atom is 0.185 e. The lowest BCUT2D eigenvalue weighted by Crippen LogP contribution is -2.05. The average Bonchev–Trinajstić information content (AvgIpc) is 2.97. The maximum absolute atomic E-state index is 10.7. The molecule has 0 aliphatic heterocycles. The largest absolute Gasteiger partial charge is 0.497 e. The first-order valence-corrected chi connectivity index (χ1v) is 6.02. The second-order valence-corrected chi connectivity index (χ2v) is 4.08. The van der Waals surface area contributed by atoms with E-state index in [1.807, 2.05) is 18.2 Å². The zero-order chi connectivity index (χ0) is 14.5. The Bertz CT molecular complexity index is 584. The van der Waals surface area contributed by atoms with E-state index in [-0.39, 0.29) is 5.76 Å². The standard InChI is InChI=1S/C15H16O5/c1-17-10-4-6-12(13(8-10)15(18-2)19-3)14-7-5-11(9-16)20-14/h4-9,15H,1-3H3. The van der Waals surface area contributed by atoms with Gasteiger partial charge in [-0.15, -0.1) is 0 Å².